The average molecular weight is 274 g/mol. The highest BCUT2D eigenvalue weighted by Crippen LogP contribution is 2.14. The van der Waals surface area contributed by atoms with Gasteiger partial charge in [-0.25, -0.2) is 9.59 Å². The van der Waals surface area contributed by atoms with Gasteiger partial charge in [-0.2, -0.15) is 5.10 Å². The standard InChI is InChI=1S/C13H14N4O3/c1-8-11(7-17(2)16-8)15-13(20)14-10-5-3-4-9(6-10)12(18)19/h3-7H,1-2H3,(H,18,19)(H2,14,15,20). The summed E-state index contributed by atoms with van der Waals surface area (Å²) >= 11 is 0. The number of aryl methyl sites for hydroxylation is 2. The highest BCUT2D eigenvalue weighted by molar-refractivity contribution is 6.00. The molecule has 0 aliphatic rings. The number of anilines is 2. The number of amides is 2. The molecule has 104 valence electrons. The van der Waals surface area contributed by atoms with E-state index in [1.54, 1.807) is 37.0 Å². The molecule has 0 aliphatic carbocycles. The maximum atomic E-state index is 11.8. The van der Waals surface area contributed by atoms with Crippen LogP contribution in [0.1, 0.15) is 16.1 Å². The first-order valence-electron chi connectivity index (χ1n) is 5.87. The number of carboxylic acids is 1. The molecule has 2 aromatic rings. The van der Waals surface area contributed by atoms with Crippen molar-refractivity contribution in [2.24, 2.45) is 7.05 Å². The Morgan fingerprint density at radius 2 is 2.05 bits per heavy atom. The van der Waals surface area contributed by atoms with Crippen molar-refractivity contribution in [2.45, 2.75) is 6.92 Å². The fraction of sp³-hybridized carbons (Fsp3) is 0.154. The number of urea groups is 1. The zero-order valence-corrected chi connectivity index (χ0v) is 11.0. The van der Waals surface area contributed by atoms with Gasteiger partial charge < -0.3 is 15.7 Å². The van der Waals surface area contributed by atoms with E-state index in [1.165, 1.54) is 12.1 Å². The van der Waals surface area contributed by atoms with E-state index >= 15 is 0 Å². The minimum atomic E-state index is -1.04. The Kier molecular flexibility index (Phi) is 3.69. The van der Waals surface area contributed by atoms with Gasteiger partial charge in [0.1, 0.15) is 0 Å². The third kappa shape index (κ3) is 3.14. The minimum absolute atomic E-state index is 0.111. The van der Waals surface area contributed by atoms with E-state index in [2.05, 4.69) is 15.7 Å². The molecule has 0 spiro atoms. The number of carbonyl (C=O) groups is 2. The molecule has 0 radical (unpaired) electrons. The van der Waals surface area contributed by atoms with Gasteiger partial charge in [-0.3, -0.25) is 4.68 Å². The van der Waals surface area contributed by atoms with Crippen LogP contribution in [0.15, 0.2) is 30.5 Å². The summed E-state index contributed by atoms with van der Waals surface area (Å²) in [4.78, 5) is 22.7. The fourth-order valence-electron chi connectivity index (χ4n) is 1.74. The first-order chi connectivity index (χ1) is 9.45. The quantitative estimate of drug-likeness (QED) is 0.798. The van der Waals surface area contributed by atoms with Crippen molar-refractivity contribution < 1.29 is 14.7 Å². The van der Waals surface area contributed by atoms with E-state index in [4.69, 9.17) is 5.11 Å². The summed E-state index contributed by atoms with van der Waals surface area (Å²) in [6.45, 7) is 1.78. The van der Waals surface area contributed by atoms with Crippen molar-refractivity contribution in [1.82, 2.24) is 9.78 Å². The Labute approximate surface area is 115 Å². The molecular formula is C13H14N4O3. The van der Waals surface area contributed by atoms with Gasteiger partial charge >= 0.3 is 12.0 Å². The number of hydrogen-bond donors (Lipinski definition) is 3. The predicted octanol–water partition coefficient (Wildman–Crippen LogP) is 2.07. The molecule has 0 aliphatic heterocycles. The first-order valence-corrected chi connectivity index (χ1v) is 5.87. The van der Waals surface area contributed by atoms with Crippen LogP contribution >= 0.6 is 0 Å². The summed E-state index contributed by atoms with van der Waals surface area (Å²) in [6.07, 6.45) is 1.68. The smallest absolute Gasteiger partial charge is 0.335 e. The summed E-state index contributed by atoms with van der Waals surface area (Å²) < 4.78 is 1.59. The molecule has 7 nitrogen and oxygen atoms in total. The number of nitrogens with one attached hydrogen (secondary N) is 2. The van der Waals surface area contributed by atoms with Crippen LogP contribution in [0.5, 0.6) is 0 Å². The number of nitrogens with zero attached hydrogens (tertiary/aromatic N) is 2. The van der Waals surface area contributed by atoms with Crippen molar-refractivity contribution >= 4 is 23.4 Å². The summed E-state index contributed by atoms with van der Waals surface area (Å²) in [7, 11) is 1.76. The van der Waals surface area contributed by atoms with Crippen molar-refractivity contribution in [3.8, 4) is 0 Å². The zero-order chi connectivity index (χ0) is 14.7. The normalized spacial score (nSPS) is 10.1. The number of carbonyl (C=O) groups excluding carboxylic acids is 1. The lowest BCUT2D eigenvalue weighted by Gasteiger charge is -2.07. The third-order valence-corrected chi connectivity index (χ3v) is 2.63. The van der Waals surface area contributed by atoms with Crippen LogP contribution in [0.4, 0.5) is 16.2 Å². The predicted molar refractivity (Wildman–Crippen MR) is 74.0 cm³/mol. The molecule has 7 heteroatoms. The van der Waals surface area contributed by atoms with E-state index in [0.717, 1.165) is 0 Å². The lowest BCUT2D eigenvalue weighted by Crippen LogP contribution is -2.19. The second-order valence-corrected chi connectivity index (χ2v) is 4.27. The summed E-state index contributed by atoms with van der Waals surface area (Å²) in [5, 5.41) is 18.2. The Balaban J connectivity index is 2.06. The number of rotatable bonds is 3. The number of aromatic carboxylic acids is 1. The van der Waals surface area contributed by atoms with Gasteiger partial charge in [0.2, 0.25) is 0 Å². The largest absolute Gasteiger partial charge is 0.478 e. The van der Waals surface area contributed by atoms with Crippen molar-refractivity contribution in [2.75, 3.05) is 10.6 Å². The molecule has 0 saturated carbocycles. The number of hydrogen-bond acceptors (Lipinski definition) is 3. The maximum absolute atomic E-state index is 11.8. The van der Waals surface area contributed by atoms with Crippen LogP contribution in [-0.2, 0) is 7.05 Å². The SMILES string of the molecule is Cc1nn(C)cc1NC(=O)Nc1cccc(C(=O)O)c1. The van der Waals surface area contributed by atoms with Gasteiger partial charge in [0, 0.05) is 18.9 Å². The molecule has 2 amide bonds. The fourth-order valence-corrected chi connectivity index (χ4v) is 1.74. The van der Waals surface area contributed by atoms with Gasteiger partial charge in [-0.1, -0.05) is 6.07 Å². The maximum Gasteiger partial charge on any atom is 0.335 e. The molecule has 0 bridgehead atoms. The van der Waals surface area contributed by atoms with Gasteiger partial charge in [0.05, 0.1) is 16.9 Å². The van der Waals surface area contributed by atoms with Crippen molar-refractivity contribution in [3.63, 3.8) is 0 Å². The van der Waals surface area contributed by atoms with E-state index in [0.29, 0.717) is 17.1 Å². The monoisotopic (exact) mass is 274 g/mol. The zero-order valence-electron chi connectivity index (χ0n) is 11.0. The molecule has 1 aromatic carbocycles. The van der Waals surface area contributed by atoms with Crippen LogP contribution in [0.25, 0.3) is 0 Å². The van der Waals surface area contributed by atoms with Crippen LogP contribution in [0.3, 0.4) is 0 Å². The Hall–Kier alpha value is -2.83. The Morgan fingerprint density at radius 1 is 1.30 bits per heavy atom. The lowest BCUT2D eigenvalue weighted by atomic mass is 10.2. The second kappa shape index (κ2) is 5.43. The second-order valence-electron chi connectivity index (χ2n) is 4.27. The van der Waals surface area contributed by atoms with Crippen LogP contribution in [-0.4, -0.2) is 26.9 Å². The molecule has 20 heavy (non-hydrogen) atoms. The van der Waals surface area contributed by atoms with Gasteiger partial charge in [0.15, 0.2) is 0 Å². The van der Waals surface area contributed by atoms with E-state index in [-0.39, 0.29) is 5.56 Å². The van der Waals surface area contributed by atoms with Crippen LogP contribution < -0.4 is 10.6 Å². The number of aromatic nitrogens is 2. The summed E-state index contributed by atoms with van der Waals surface area (Å²) in [5.74, 6) is -1.04. The molecule has 1 heterocycles. The lowest BCUT2D eigenvalue weighted by molar-refractivity contribution is 0.0697. The molecule has 1 aromatic heterocycles. The van der Waals surface area contributed by atoms with Gasteiger partial charge in [-0.15, -0.1) is 0 Å². The molecule has 0 saturated heterocycles. The highest BCUT2D eigenvalue weighted by Gasteiger charge is 2.09. The Bertz CT molecular complexity index is 663. The van der Waals surface area contributed by atoms with Crippen molar-refractivity contribution in [1.29, 1.82) is 0 Å². The summed E-state index contributed by atoms with van der Waals surface area (Å²) in [6, 6.07) is 5.56. The molecule has 0 atom stereocenters. The van der Waals surface area contributed by atoms with E-state index < -0.39 is 12.0 Å². The highest BCUT2D eigenvalue weighted by atomic mass is 16.4. The van der Waals surface area contributed by atoms with Crippen molar-refractivity contribution in [3.05, 3.63) is 41.7 Å². The van der Waals surface area contributed by atoms with Gasteiger partial charge in [0.25, 0.3) is 0 Å². The molecule has 2 rings (SSSR count). The number of benzene rings is 1. The average Bonchev–Trinajstić information content (AvgIpc) is 2.67. The molecule has 0 unspecified atom stereocenters. The van der Waals surface area contributed by atoms with E-state index in [9.17, 15) is 9.59 Å². The van der Waals surface area contributed by atoms with Crippen LogP contribution in [0, 0.1) is 6.92 Å². The number of carboxylic acid groups (broad SMARTS) is 1. The van der Waals surface area contributed by atoms with Gasteiger partial charge in [-0.05, 0) is 25.1 Å². The molecule has 0 fully saturated rings. The molecule has 3 N–H and O–H groups in total. The Morgan fingerprint density at radius 3 is 2.65 bits per heavy atom. The van der Waals surface area contributed by atoms with Crippen LogP contribution in [0.2, 0.25) is 0 Å². The topological polar surface area (TPSA) is 96.3 Å². The first kappa shape index (κ1) is 13.6. The molecular weight excluding hydrogens is 260 g/mol. The minimum Gasteiger partial charge on any atom is -0.478 e. The summed E-state index contributed by atoms with van der Waals surface area (Å²) in [5.41, 5.74) is 1.81. The van der Waals surface area contributed by atoms with E-state index in [1.807, 2.05) is 0 Å². The third-order valence-electron chi connectivity index (χ3n) is 2.63.